The van der Waals surface area contributed by atoms with Gasteiger partial charge in [-0.25, -0.2) is 0 Å². The maximum atomic E-state index is 4.37. The minimum Gasteiger partial charge on any atom is -0.310 e. The number of nitrogens with zero attached hydrogens (tertiary/aromatic N) is 5. The van der Waals surface area contributed by atoms with Crippen molar-refractivity contribution >= 4 is 0 Å². The predicted octanol–water partition coefficient (Wildman–Crippen LogP) is 1.12. The lowest BCUT2D eigenvalue weighted by Crippen LogP contribution is -2.19. The molecule has 0 radical (unpaired) electrons. The standard InChI is InChI=1S/C12H20N6/c1-4-12(13-5-2)10-6-14-18(7-10)9-11-8-17(3)16-15-11/h6-8,12-13H,4-5,9H2,1-3H3. The molecule has 0 saturated carbocycles. The molecule has 0 saturated heterocycles. The van der Waals surface area contributed by atoms with Gasteiger partial charge in [-0.15, -0.1) is 5.10 Å². The monoisotopic (exact) mass is 248 g/mol. The van der Waals surface area contributed by atoms with Gasteiger partial charge < -0.3 is 5.32 Å². The molecule has 6 heteroatoms. The maximum Gasteiger partial charge on any atom is 0.104 e. The van der Waals surface area contributed by atoms with Crippen molar-refractivity contribution in [3.8, 4) is 0 Å². The summed E-state index contributed by atoms with van der Waals surface area (Å²) in [5.41, 5.74) is 2.15. The van der Waals surface area contributed by atoms with Crippen molar-refractivity contribution in [3.05, 3.63) is 29.8 Å². The highest BCUT2D eigenvalue weighted by Crippen LogP contribution is 2.15. The molecule has 0 aromatic carbocycles. The molecule has 1 N–H and O–H groups in total. The molecule has 98 valence electrons. The molecule has 18 heavy (non-hydrogen) atoms. The van der Waals surface area contributed by atoms with E-state index in [-0.39, 0.29) is 0 Å². The van der Waals surface area contributed by atoms with Crippen molar-refractivity contribution < 1.29 is 0 Å². The lowest BCUT2D eigenvalue weighted by Gasteiger charge is -2.13. The van der Waals surface area contributed by atoms with Crippen LogP contribution in [0, 0.1) is 0 Å². The SMILES string of the molecule is CCNC(CC)c1cnn(Cc2cn(C)nn2)c1. The van der Waals surface area contributed by atoms with Gasteiger partial charge in [0.1, 0.15) is 5.69 Å². The summed E-state index contributed by atoms with van der Waals surface area (Å²) in [6.07, 6.45) is 6.96. The van der Waals surface area contributed by atoms with Crippen LogP contribution in [0.2, 0.25) is 0 Å². The fraction of sp³-hybridized carbons (Fsp3) is 0.583. The Kier molecular flexibility index (Phi) is 4.09. The Morgan fingerprint density at radius 1 is 1.33 bits per heavy atom. The highest BCUT2D eigenvalue weighted by Gasteiger charge is 2.10. The zero-order valence-electron chi connectivity index (χ0n) is 11.2. The summed E-state index contributed by atoms with van der Waals surface area (Å²) in [5, 5.41) is 15.8. The van der Waals surface area contributed by atoms with Crippen molar-refractivity contribution in [2.45, 2.75) is 32.9 Å². The smallest absolute Gasteiger partial charge is 0.104 e. The quantitative estimate of drug-likeness (QED) is 0.832. The highest BCUT2D eigenvalue weighted by atomic mass is 15.4. The summed E-state index contributed by atoms with van der Waals surface area (Å²) in [7, 11) is 1.86. The van der Waals surface area contributed by atoms with Crippen LogP contribution in [0.1, 0.15) is 37.6 Å². The van der Waals surface area contributed by atoms with E-state index in [1.54, 1.807) is 4.68 Å². The van der Waals surface area contributed by atoms with Crippen LogP contribution < -0.4 is 5.32 Å². The van der Waals surface area contributed by atoms with Crippen LogP contribution in [-0.2, 0) is 13.6 Å². The first-order valence-corrected chi connectivity index (χ1v) is 6.33. The molecule has 2 aromatic rings. The Balaban J connectivity index is 2.05. The molecule has 2 heterocycles. The predicted molar refractivity (Wildman–Crippen MR) is 69.0 cm³/mol. The molecular formula is C12H20N6. The van der Waals surface area contributed by atoms with E-state index in [1.807, 2.05) is 24.1 Å². The first-order valence-electron chi connectivity index (χ1n) is 6.33. The van der Waals surface area contributed by atoms with Gasteiger partial charge in [0.05, 0.1) is 12.7 Å². The average molecular weight is 248 g/mol. The number of aromatic nitrogens is 5. The molecule has 6 nitrogen and oxygen atoms in total. The van der Waals surface area contributed by atoms with E-state index in [0.29, 0.717) is 12.6 Å². The molecule has 1 atom stereocenters. The van der Waals surface area contributed by atoms with Crippen LogP contribution in [0.5, 0.6) is 0 Å². The Morgan fingerprint density at radius 2 is 2.17 bits per heavy atom. The number of aryl methyl sites for hydroxylation is 1. The second-order valence-corrected chi connectivity index (χ2v) is 4.37. The number of rotatable bonds is 6. The van der Waals surface area contributed by atoms with Crippen LogP contribution in [0.3, 0.4) is 0 Å². The summed E-state index contributed by atoms with van der Waals surface area (Å²) in [6, 6.07) is 0.380. The second kappa shape index (κ2) is 5.77. The van der Waals surface area contributed by atoms with Gasteiger partial charge in [0.2, 0.25) is 0 Å². The van der Waals surface area contributed by atoms with Crippen LogP contribution in [0.25, 0.3) is 0 Å². The molecule has 0 aliphatic carbocycles. The third kappa shape index (κ3) is 2.95. The van der Waals surface area contributed by atoms with E-state index in [9.17, 15) is 0 Å². The largest absolute Gasteiger partial charge is 0.310 e. The summed E-state index contributed by atoms with van der Waals surface area (Å²) in [4.78, 5) is 0. The van der Waals surface area contributed by atoms with Gasteiger partial charge >= 0.3 is 0 Å². The zero-order chi connectivity index (χ0) is 13.0. The van der Waals surface area contributed by atoms with Gasteiger partial charge in [0.15, 0.2) is 0 Å². The molecule has 1 unspecified atom stereocenters. The average Bonchev–Trinajstić information content (AvgIpc) is 2.96. The van der Waals surface area contributed by atoms with Crippen LogP contribution in [0.15, 0.2) is 18.6 Å². The summed E-state index contributed by atoms with van der Waals surface area (Å²) < 4.78 is 3.60. The van der Waals surface area contributed by atoms with Gasteiger partial charge in [-0.1, -0.05) is 19.1 Å². The van der Waals surface area contributed by atoms with Crippen LogP contribution in [0.4, 0.5) is 0 Å². The summed E-state index contributed by atoms with van der Waals surface area (Å²) in [5.74, 6) is 0. The third-order valence-electron chi connectivity index (χ3n) is 2.89. The van der Waals surface area contributed by atoms with Gasteiger partial charge in [-0.05, 0) is 13.0 Å². The normalized spacial score (nSPS) is 12.8. The van der Waals surface area contributed by atoms with E-state index in [1.165, 1.54) is 5.56 Å². The van der Waals surface area contributed by atoms with E-state index in [2.05, 4.69) is 40.8 Å². The molecule has 0 fully saturated rings. The Hall–Kier alpha value is -1.69. The summed E-state index contributed by atoms with van der Waals surface area (Å²) >= 11 is 0. The third-order valence-corrected chi connectivity index (χ3v) is 2.89. The first-order chi connectivity index (χ1) is 8.72. The molecule has 0 spiro atoms. The molecule has 0 aliphatic rings. The minimum atomic E-state index is 0.380. The van der Waals surface area contributed by atoms with Crippen molar-refractivity contribution in [3.63, 3.8) is 0 Å². The maximum absolute atomic E-state index is 4.37. The molecule has 0 bridgehead atoms. The number of nitrogens with one attached hydrogen (secondary N) is 1. The zero-order valence-corrected chi connectivity index (χ0v) is 11.2. The second-order valence-electron chi connectivity index (χ2n) is 4.37. The molecule has 2 rings (SSSR count). The van der Waals surface area contributed by atoms with Crippen molar-refractivity contribution in [1.29, 1.82) is 0 Å². The fourth-order valence-corrected chi connectivity index (χ4v) is 2.02. The first kappa shape index (κ1) is 12.8. The van der Waals surface area contributed by atoms with Gasteiger partial charge in [-0.2, -0.15) is 5.10 Å². The van der Waals surface area contributed by atoms with Crippen LogP contribution >= 0.6 is 0 Å². The number of hydrogen-bond donors (Lipinski definition) is 1. The fourth-order valence-electron chi connectivity index (χ4n) is 2.02. The number of hydrogen-bond acceptors (Lipinski definition) is 4. The van der Waals surface area contributed by atoms with Gasteiger partial charge in [0.25, 0.3) is 0 Å². The highest BCUT2D eigenvalue weighted by molar-refractivity contribution is 5.11. The Bertz CT molecular complexity index is 486. The minimum absolute atomic E-state index is 0.380. The Morgan fingerprint density at radius 3 is 2.78 bits per heavy atom. The molecule has 2 aromatic heterocycles. The topological polar surface area (TPSA) is 60.6 Å². The van der Waals surface area contributed by atoms with E-state index < -0.39 is 0 Å². The van der Waals surface area contributed by atoms with Gasteiger partial charge in [-0.3, -0.25) is 9.36 Å². The molecular weight excluding hydrogens is 228 g/mol. The molecule has 0 amide bonds. The van der Waals surface area contributed by atoms with E-state index in [4.69, 9.17) is 0 Å². The van der Waals surface area contributed by atoms with Crippen molar-refractivity contribution in [2.75, 3.05) is 6.54 Å². The summed E-state index contributed by atoms with van der Waals surface area (Å²) in [6.45, 7) is 5.92. The van der Waals surface area contributed by atoms with E-state index in [0.717, 1.165) is 18.7 Å². The Labute approximate surface area is 107 Å². The van der Waals surface area contributed by atoms with Gasteiger partial charge in [0, 0.05) is 31.0 Å². The lowest BCUT2D eigenvalue weighted by molar-refractivity contribution is 0.536. The van der Waals surface area contributed by atoms with E-state index >= 15 is 0 Å². The van der Waals surface area contributed by atoms with Crippen molar-refractivity contribution in [2.24, 2.45) is 7.05 Å². The van der Waals surface area contributed by atoms with Crippen LogP contribution in [-0.4, -0.2) is 31.3 Å². The molecule has 0 aliphatic heterocycles. The lowest BCUT2D eigenvalue weighted by atomic mass is 10.1. The van der Waals surface area contributed by atoms with Crippen molar-refractivity contribution in [1.82, 2.24) is 30.1 Å².